The first kappa shape index (κ1) is 13.8. The maximum Gasteiger partial charge on any atom is 0.0279 e. The van der Waals surface area contributed by atoms with E-state index in [0.29, 0.717) is 6.04 Å². The van der Waals surface area contributed by atoms with Crippen molar-refractivity contribution in [2.75, 3.05) is 6.54 Å². The van der Waals surface area contributed by atoms with E-state index in [1.807, 2.05) is 0 Å². The van der Waals surface area contributed by atoms with Crippen molar-refractivity contribution in [3.05, 3.63) is 11.6 Å². The second kappa shape index (κ2) is 8.81. The average molecular weight is 223 g/mol. The van der Waals surface area contributed by atoms with Crippen molar-refractivity contribution in [2.45, 2.75) is 77.7 Å². The van der Waals surface area contributed by atoms with Gasteiger partial charge in [0, 0.05) is 6.04 Å². The van der Waals surface area contributed by atoms with Crippen molar-refractivity contribution in [3.8, 4) is 0 Å². The van der Waals surface area contributed by atoms with Crippen molar-refractivity contribution in [2.24, 2.45) is 0 Å². The molecule has 1 atom stereocenters. The Morgan fingerprint density at radius 2 is 2.06 bits per heavy atom. The van der Waals surface area contributed by atoms with Gasteiger partial charge in [0.25, 0.3) is 0 Å². The van der Waals surface area contributed by atoms with E-state index in [-0.39, 0.29) is 0 Å². The summed E-state index contributed by atoms with van der Waals surface area (Å²) in [5, 5.41) is 3.73. The molecule has 1 unspecified atom stereocenters. The second-order valence-electron chi connectivity index (χ2n) is 5.03. The molecule has 94 valence electrons. The van der Waals surface area contributed by atoms with Gasteiger partial charge in [-0.1, -0.05) is 44.8 Å². The number of allylic oxidation sites excluding steroid dienone is 1. The summed E-state index contributed by atoms with van der Waals surface area (Å²) in [6, 6.07) is 0.687. The molecule has 0 amide bonds. The minimum Gasteiger partial charge on any atom is -0.310 e. The SMILES string of the molecule is CCCCCC(NCCC)C1=CCCCC1. The first-order valence-corrected chi connectivity index (χ1v) is 7.30. The second-order valence-corrected chi connectivity index (χ2v) is 5.03. The van der Waals surface area contributed by atoms with Crippen LogP contribution in [0.5, 0.6) is 0 Å². The molecule has 1 aliphatic rings. The topological polar surface area (TPSA) is 12.0 Å². The monoisotopic (exact) mass is 223 g/mol. The number of hydrogen-bond acceptors (Lipinski definition) is 1. The fourth-order valence-corrected chi connectivity index (χ4v) is 2.52. The van der Waals surface area contributed by atoms with E-state index in [1.165, 1.54) is 64.3 Å². The number of hydrogen-bond donors (Lipinski definition) is 1. The Morgan fingerprint density at radius 3 is 2.69 bits per heavy atom. The third-order valence-electron chi connectivity index (χ3n) is 3.51. The number of unbranched alkanes of at least 4 members (excludes halogenated alkanes) is 2. The smallest absolute Gasteiger partial charge is 0.0279 e. The van der Waals surface area contributed by atoms with E-state index in [1.54, 1.807) is 5.57 Å². The first-order valence-electron chi connectivity index (χ1n) is 7.30. The molecule has 0 bridgehead atoms. The fourth-order valence-electron chi connectivity index (χ4n) is 2.52. The van der Waals surface area contributed by atoms with E-state index in [2.05, 4.69) is 25.2 Å². The van der Waals surface area contributed by atoms with Crippen molar-refractivity contribution < 1.29 is 0 Å². The van der Waals surface area contributed by atoms with Gasteiger partial charge < -0.3 is 5.32 Å². The summed E-state index contributed by atoms with van der Waals surface area (Å²) in [4.78, 5) is 0. The van der Waals surface area contributed by atoms with Crippen LogP contribution in [0.4, 0.5) is 0 Å². The molecule has 1 rings (SSSR count). The molecule has 16 heavy (non-hydrogen) atoms. The minimum atomic E-state index is 0.687. The van der Waals surface area contributed by atoms with Gasteiger partial charge in [0.05, 0.1) is 0 Å². The molecule has 0 radical (unpaired) electrons. The molecule has 1 N–H and O–H groups in total. The lowest BCUT2D eigenvalue weighted by Gasteiger charge is -2.24. The molecule has 0 saturated heterocycles. The van der Waals surface area contributed by atoms with Crippen molar-refractivity contribution >= 4 is 0 Å². The summed E-state index contributed by atoms with van der Waals surface area (Å²) in [7, 11) is 0. The van der Waals surface area contributed by atoms with Crippen LogP contribution in [0.1, 0.15) is 71.6 Å². The lowest BCUT2D eigenvalue weighted by atomic mass is 9.91. The first-order chi connectivity index (χ1) is 7.88. The maximum absolute atomic E-state index is 3.73. The molecule has 0 fully saturated rings. The summed E-state index contributed by atoms with van der Waals surface area (Å²) in [6.07, 6.45) is 14.7. The Balaban J connectivity index is 2.38. The van der Waals surface area contributed by atoms with E-state index in [4.69, 9.17) is 0 Å². The van der Waals surface area contributed by atoms with Crippen molar-refractivity contribution in [3.63, 3.8) is 0 Å². The van der Waals surface area contributed by atoms with Gasteiger partial charge in [-0.15, -0.1) is 0 Å². The van der Waals surface area contributed by atoms with Gasteiger partial charge in [-0.05, 0) is 45.1 Å². The third-order valence-corrected chi connectivity index (χ3v) is 3.51. The molecule has 0 aromatic carbocycles. The molecule has 0 heterocycles. The Kier molecular flexibility index (Phi) is 7.58. The van der Waals surface area contributed by atoms with Crippen molar-refractivity contribution in [1.82, 2.24) is 5.32 Å². The minimum absolute atomic E-state index is 0.687. The molecular formula is C15H29N. The van der Waals surface area contributed by atoms with E-state index >= 15 is 0 Å². The van der Waals surface area contributed by atoms with E-state index in [0.717, 1.165) is 0 Å². The van der Waals surface area contributed by atoms with Gasteiger partial charge in [-0.25, -0.2) is 0 Å². The van der Waals surface area contributed by atoms with Crippen LogP contribution >= 0.6 is 0 Å². The molecule has 0 aromatic rings. The number of rotatable bonds is 8. The van der Waals surface area contributed by atoms with Gasteiger partial charge in [0.1, 0.15) is 0 Å². The predicted octanol–water partition coefficient (Wildman–Crippen LogP) is 4.44. The molecule has 1 aliphatic carbocycles. The predicted molar refractivity (Wildman–Crippen MR) is 72.8 cm³/mol. The van der Waals surface area contributed by atoms with Crippen LogP contribution in [0.25, 0.3) is 0 Å². The highest BCUT2D eigenvalue weighted by molar-refractivity contribution is 5.13. The zero-order valence-electron chi connectivity index (χ0n) is 11.2. The normalized spacial score (nSPS) is 18.2. The number of nitrogens with one attached hydrogen (secondary N) is 1. The zero-order valence-corrected chi connectivity index (χ0v) is 11.2. The largest absolute Gasteiger partial charge is 0.310 e. The summed E-state index contributed by atoms with van der Waals surface area (Å²) < 4.78 is 0. The van der Waals surface area contributed by atoms with Gasteiger partial charge in [0.2, 0.25) is 0 Å². The van der Waals surface area contributed by atoms with Gasteiger partial charge in [-0.3, -0.25) is 0 Å². The summed E-state index contributed by atoms with van der Waals surface area (Å²) in [6.45, 7) is 5.72. The van der Waals surface area contributed by atoms with Crippen LogP contribution < -0.4 is 5.32 Å². The molecule has 1 heteroatoms. The molecule has 1 nitrogen and oxygen atoms in total. The average Bonchev–Trinajstić information content (AvgIpc) is 2.35. The highest BCUT2D eigenvalue weighted by atomic mass is 14.9. The Hall–Kier alpha value is -0.300. The van der Waals surface area contributed by atoms with Crippen LogP contribution in [0.15, 0.2) is 11.6 Å². The van der Waals surface area contributed by atoms with E-state index in [9.17, 15) is 0 Å². The van der Waals surface area contributed by atoms with Crippen LogP contribution in [-0.2, 0) is 0 Å². The van der Waals surface area contributed by atoms with Crippen LogP contribution in [-0.4, -0.2) is 12.6 Å². The Labute approximate surface area is 102 Å². The highest BCUT2D eigenvalue weighted by Crippen LogP contribution is 2.23. The summed E-state index contributed by atoms with van der Waals surface area (Å²) in [5.41, 5.74) is 1.70. The van der Waals surface area contributed by atoms with Gasteiger partial charge in [0.15, 0.2) is 0 Å². The standard InChI is InChI=1S/C15H29N/c1-3-5-7-12-15(16-13-4-2)14-10-8-6-9-11-14/h10,15-16H,3-9,11-13H2,1-2H3. The quantitative estimate of drug-likeness (QED) is 0.474. The van der Waals surface area contributed by atoms with Gasteiger partial charge >= 0.3 is 0 Å². The highest BCUT2D eigenvalue weighted by Gasteiger charge is 2.14. The van der Waals surface area contributed by atoms with Crippen LogP contribution in [0.2, 0.25) is 0 Å². The lowest BCUT2D eigenvalue weighted by Crippen LogP contribution is -2.32. The lowest BCUT2D eigenvalue weighted by molar-refractivity contribution is 0.480. The summed E-state index contributed by atoms with van der Waals surface area (Å²) >= 11 is 0. The molecule has 0 aromatic heterocycles. The molecule has 0 aliphatic heterocycles. The molecule has 0 saturated carbocycles. The summed E-state index contributed by atoms with van der Waals surface area (Å²) in [5.74, 6) is 0. The fraction of sp³-hybridized carbons (Fsp3) is 0.867. The van der Waals surface area contributed by atoms with E-state index < -0.39 is 0 Å². The Morgan fingerprint density at radius 1 is 1.19 bits per heavy atom. The van der Waals surface area contributed by atoms with Crippen LogP contribution in [0.3, 0.4) is 0 Å². The van der Waals surface area contributed by atoms with Crippen molar-refractivity contribution in [1.29, 1.82) is 0 Å². The van der Waals surface area contributed by atoms with Crippen LogP contribution in [0, 0.1) is 0 Å². The Bertz CT molecular complexity index is 196. The zero-order chi connectivity index (χ0) is 11.6. The molecular weight excluding hydrogens is 194 g/mol. The maximum atomic E-state index is 3.73. The molecule has 0 spiro atoms. The third kappa shape index (κ3) is 5.16. The van der Waals surface area contributed by atoms with Gasteiger partial charge in [-0.2, -0.15) is 0 Å².